The van der Waals surface area contributed by atoms with Crippen molar-refractivity contribution in [2.24, 2.45) is 11.7 Å². The summed E-state index contributed by atoms with van der Waals surface area (Å²) in [4.78, 5) is 8.54. The first-order valence-electron chi connectivity index (χ1n) is 9.59. The van der Waals surface area contributed by atoms with Gasteiger partial charge in [0.2, 0.25) is 5.69 Å². The number of benzene rings is 1. The molecule has 2 aromatic heterocycles. The Kier molecular flexibility index (Phi) is 6.56. The number of nitrogens with zero attached hydrogens (tertiary/aromatic N) is 5. The van der Waals surface area contributed by atoms with Crippen LogP contribution < -0.4 is 10.5 Å². The van der Waals surface area contributed by atoms with Crippen molar-refractivity contribution >= 4 is 0 Å². The zero-order valence-corrected chi connectivity index (χ0v) is 17.0. The zero-order chi connectivity index (χ0) is 22.6. The summed E-state index contributed by atoms with van der Waals surface area (Å²) in [6.07, 6.45) is 0.292. The smallest absolute Gasteiger partial charge is 0.438 e. The van der Waals surface area contributed by atoms with Gasteiger partial charge in [-0.3, -0.25) is 4.68 Å². The first-order valence-corrected chi connectivity index (χ1v) is 9.59. The number of rotatable bonds is 7. The van der Waals surface area contributed by atoms with Crippen LogP contribution in [0, 0.1) is 17.2 Å². The number of aromatic nitrogens is 4. The van der Waals surface area contributed by atoms with E-state index in [1.807, 2.05) is 19.9 Å². The third-order valence-electron chi connectivity index (χ3n) is 4.26. The van der Waals surface area contributed by atoms with Gasteiger partial charge < -0.3 is 10.5 Å². The van der Waals surface area contributed by atoms with E-state index in [9.17, 15) is 18.4 Å². The van der Waals surface area contributed by atoms with Gasteiger partial charge in [-0.2, -0.15) is 23.5 Å². The molecule has 3 rings (SSSR count). The van der Waals surface area contributed by atoms with Crippen LogP contribution in [0.4, 0.5) is 13.2 Å². The van der Waals surface area contributed by atoms with Gasteiger partial charge >= 0.3 is 6.18 Å². The van der Waals surface area contributed by atoms with E-state index in [1.165, 1.54) is 29.1 Å². The molecule has 0 amide bonds. The molecule has 0 saturated heterocycles. The number of ether oxygens (including phenoxy) is 1. The Morgan fingerprint density at radius 1 is 1.19 bits per heavy atom. The Morgan fingerprint density at radius 2 is 1.90 bits per heavy atom. The fourth-order valence-electron chi connectivity index (χ4n) is 2.91. The minimum absolute atomic E-state index is 0.0280. The first-order chi connectivity index (χ1) is 14.7. The number of hydrogen-bond acceptors (Lipinski definition) is 6. The van der Waals surface area contributed by atoms with Crippen LogP contribution >= 0.6 is 0 Å². The molecular formula is C21H21F3N6O. The van der Waals surface area contributed by atoms with Gasteiger partial charge in [0.05, 0.1) is 23.4 Å². The van der Waals surface area contributed by atoms with Crippen LogP contribution in [0.15, 0.2) is 36.8 Å². The molecule has 0 radical (unpaired) electrons. The lowest BCUT2D eigenvalue weighted by Crippen LogP contribution is -2.10. The van der Waals surface area contributed by atoms with Gasteiger partial charge in [0.1, 0.15) is 5.75 Å². The average molecular weight is 430 g/mol. The largest absolute Gasteiger partial charge is 0.453 e. The molecule has 7 nitrogen and oxygen atoms in total. The summed E-state index contributed by atoms with van der Waals surface area (Å²) in [5.41, 5.74) is 5.79. The third kappa shape index (κ3) is 5.38. The second-order valence-corrected chi connectivity index (χ2v) is 7.33. The number of hydrogen-bond donors (Lipinski definition) is 1. The molecule has 3 aromatic rings. The summed E-state index contributed by atoms with van der Waals surface area (Å²) < 4.78 is 47.5. The van der Waals surface area contributed by atoms with Gasteiger partial charge in [0.15, 0.2) is 11.6 Å². The predicted molar refractivity (Wildman–Crippen MR) is 107 cm³/mol. The minimum Gasteiger partial charge on any atom is -0.453 e. The fraction of sp³-hybridized carbons (Fsp3) is 0.333. The molecule has 0 aliphatic heterocycles. The highest BCUT2D eigenvalue weighted by molar-refractivity contribution is 5.66. The lowest BCUT2D eigenvalue weighted by atomic mass is 10.1. The number of halogens is 3. The molecule has 162 valence electrons. The summed E-state index contributed by atoms with van der Waals surface area (Å²) >= 11 is 0. The van der Waals surface area contributed by atoms with Crippen LogP contribution in [0.2, 0.25) is 0 Å². The van der Waals surface area contributed by atoms with Crippen molar-refractivity contribution in [3.8, 4) is 29.0 Å². The molecule has 0 fully saturated rings. The van der Waals surface area contributed by atoms with Crippen molar-refractivity contribution in [2.75, 3.05) is 6.54 Å². The summed E-state index contributed by atoms with van der Waals surface area (Å²) in [6.45, 7) is 4.48. The molecular weight excluding hydrogens is 409 g/mol. The topological polar surface area (TPSA) is 103 Å². The van der Waals surface area contributed by atoms with Crippen LogP contribution in [0.25, 0.3) is 11.4 Å². The second-order valence-electron chi connectivity index (χ2n) is 7.33. The van der Waals surface area contributed by atoms with E-state index in [1.54, 1.807) is 12.4 Å². The van der Waals surface area contributed by atoms with Crippen LogP contribution in [-0.2, 0) is 19.1 Å². The molecule has 0 saturated carbocycles. The van der Waals surface area contributed by atoms with Crippen molar-refractivity contribution in [1.82, 2.24) is 19.7 Å². The lowest BCUT2D eigenvalue weighted by molar-refractivity contribution is -0.142. The predicted octanol–water partition coefficient (Wildman–Crippen LogP) is 4.18. The lowest BCUT2D eigenvalue weighted by Gasteiger charge is -2.12. The molecule has 0 unspecified atom stereocenters. The van der Waals surface area contributed by atoms with Crippen LogP contribution in [0.1, 0.15) is 30.7 Å². The van der Waals surface area contributed by atoms with E-state index < -0.39 is 17.6 Å². The first kappa shape index (κ1) is 22.2. The highest BCUT2D eigenvalue weighted by atomic mass is 19.4. The van der Waals surface area contributed by atoms with Crippen LogP contribution in [0.3, 0.4) is 0 Å². The van der Waals surface area contributed by atoms with Crippen LogP contribution in [-0.4, -0.2) is 26.3 Å². The van der Waals surface area contributed by atoms with Crippen molar-refractivity contribution in [3.05, 3.63) is 53.6 Å². The summed E-state index contributed by atoms with van der Waals surface area (Å²) in [6, 6.07) is 6.37. The maximum absolute atomic E-state index is 13.5. The molecule has 0 aliphatic carbocycles. The minimum atomic E-state index is -4.70. The molecule has 2 N–H and O–H groups in total. The second kappa shape index (κ2) is 9.14. The van der Waals surface area contributed by atoms with Gasteiger partial charge in [0.25, 0.3) is 0 Å². The van der Waals surface area contributed by atoms with E-state index >= 15 is 0 Å². The number of nitrogens with two attached hydrogens (primary N) is 1. The van der Waals surface area contributed by atoms with E-state index in [0.29, 0.717) is 25.1 Å². The quantitative estimate of drug-likeness (QED) is 0.603. The van der Waals surface area contributed by atoms with E-state index in [0.717, 1.165) is 5.56 Å². The van der Waals surface area contributed by atoms with Crippen LogP contribution in [0.5, 0.6) is 11.5 Å². The number of nitriles is 1. The van der Waals surface area contributed by atoms with Crippen molar-refractivity contribution < 1.29 is 17.9 Å². The van der Waals surface area contributed by atoms with E-state index in [2.05, 4.69) is 15.1 Å². The molecule has 2 heterocycles. The van der Waals surface area contributed by atoms with Crippen molar-refractivity contribution in [3.63, 3.8) is 0 Å². The van der Waals surface area contributed by atoms with Gasteiger partial charge in [-0.25, -0.2) is 9.97 Å². The summed E-state index contributed by atoms with van der Waals surface area (Å²) in [5.74, 6) is -0.0837. The Labute approximate surface area is 177 Å². The summed E-state index contributed by atoms with van der Waals surface area (Å²) in [5, 5.41) is 12.9. The van der Waals surface area contributed by atoms with E-state index in [4.69, 9.17) is 10.5 Å². The Hall–Kier alpha value is -3.45. The van der Waals surface area contributed by atoms with Gasteiger partial charge in [-0.1, -0.05) is 13.8 Å². The molecule has 31 heavy (non-hydrogen) atoms. The molecule has 0 bridgehead atoms. The number of alkyl halides is 3. The molecule has 0 aliphatic rings. The maximum Gasteiger partial charge on any atom is 0.438 e. The highest BCUT2D eigenvalue weighted by Crippen LogP contribution is 2.39. The SMILES string of the molecule is CC(C)Cn1cc(Oc2cc(C#N)ccc2-c2ncc(CCN)cn2)c(C(F)(F)F)n1. The van der Waals surface area contributed by atoms with Crippen molar-refractivity contribution in [1.29, 1.82) is 5.26 Å². The monoisotopic (exact) mass is 430 g/mol. The standard InChI is InChI=1S/C21H21F3N6O/c1-13(2)11-30-12-18(19(29-30)21(22,23)24)31-17-7-14(8-26)3-4-16(17)20-27-9-15(5-6-25)10-28-20/h3-4,7,9-10,12-13H,5-6,11,25H2,1-2H3. The average Bonchev–Trinajstić information content (AvgIpc) is 3.11. The third-order valence-corrected chi connectivity index (χ3v) is 4.26. The molecule has 0 spiro atoms. The van der Waals surface area contributed by atoms with Gasteiger partial charge in [0, 0.05) is 18.9 Å². The highest BCUT2D eigenvalue weighted by Gasteiger charge is 2.39. The Morgan fingerprint density at radius 3 is 2.48 bits per heavy atom. The molecule has 0 atom stereocenters. The Bertz CT molecular complexity index is 1080. The van der Waals surface area contributed by atoms with E-state index in [-0.39, 0.29) is 23.1 Å². The maximum atomic E-state index is 13.5. The Balaban J connectivity index is 2.05. The van der Waals surface area contributed by atoms with Crippen molar-refractivity contribution in [2.45, 2.75) is 33.0 Å². The molecule has 10 heteroatoms. The normalized spacial score (nSPS) is 11.5. The summed E-state index contributed by atoms with van der Waals surface area (Å²) in [7, 11) is 0. The van der Waals surface area contributed by atoms with Gasteiger partial charge in [-0.05, 0) is 42.6 Å². The molecule has 1 aromatic carbocycles. The zero-order valence-electron chi connectivity index (χ0n) is 17.0. The van der Waals surface area contributed by atoms with Gasteiger partial charge in [-0.15, -0.1) is 0 Å². The fourth-order valence-corrected chi connectivity index (χ4v) is 2.91.